The van der Waals surface area contributed by atoms with Crippen LogP contribution in [0.25, 0.3) is 0 Å². The van der Waals surface area contributed by atoms with Crippen molar-refractivity contribution in [3.8, 4) is 0 Å². The molecule has 1 saturated heterocycles. The predicted molar refractivity (Wildman–Crippen MR) is 115 cm³/mol. The maximum atomic E-state index is 12.7. The molecule has 156 valence electrons. The molecule has 0 aromatic heterocycles. The van der Waals surface area contributed by atoms with Crippen LogP contribution in [0.3, 0.4) is 0 Å². The third-order valence-electron chi connectivity index (χ3n) is 5.78. The minimum atomic E-state index is -3.21. The lowest BCUT2D eigenvalue weighted by atomic mass is 9.94. The zero-order chi connectivity index (χ0) is 21.0. The van der Waals surface area contributed by atoms with Gasteiger partial charge in [-0.15, -0.1) is 0 Å². The Hall–Kier alpha value is -2.18. The second-order valence-corrected chi connectivity index (χ2v) is 10.1. The first kappa shape index (κ1) is 21.5. The molecule has 1 aliphatic rings. The van der Waals surface area contributed by atoms with Crippen LogP contribution in [0.2, 0.25) is 0 Å². The molecule has 1 aliphatic heterocycles. The van der Waals surface area contributed by atoms with Crippen LogP contribution in [0, 0.1) is 12.8 Å². The molecule has 1 heterocycles. The molecule has 6 heteroatoms. The standard InChI is InChI=1S/C23H30N2O3S/c1-17-6-4-5-7-21(17)16-25-14-12-20(13-15-25)23(26)24-18(2)19-8-10-22(11-9-19)29(3,27)28/h4-11,18,20H,12-16H2,1-3H3,(H,24,26)/t18-/m0/s1. The molecule has 1 atom stereocenters. The molecule has 2 aromatic rings. The summed E-state index contributed by atoms with van der Waals surface area (Å²) in [4.78, 5) is 15.4. The third kappa shape index (κ3) is 5.67. The quantitative estimate of drug-likeness (QED) is 0.786. The van der Waals surface area contributed by atoms with Gasteiger partial charge in [-0.25, -0.2) is 8.42 Å². The minimum absolute atomic E-state index is 0.0286. The number of carbonyl (C=O) groups is 1. The van der Waals surface area contributed by atoms with E-state index in [0.717, 1.165) is 38.0 Å². The number of likely N-dealkylation sites (tertiary alicyclic amines) is 1. The second-order valence-electron chi connectivity index (χ2n) is 8.05. The third-order valence-corrected chi connectivity index (χ3v) is 6.91. The van der Waals surface area contributed by atoms with E-state index in [1.807, 2.05) is 6.92 Å². The first-order chi connectivity index (χ1) is 13.7. The Morgan fingerprint density at radius 3 is 2.31 bits per heavy atom. The summed E-state index contributed by atoms with van der Waals surface area (Å²) < 4.78 is 23.2. The fourth-order valence-electron chi connectivity index (χ4n) is 3.80. The molecular weight excluding hydrogens is 384 g/mol. The smallest absolute Gasteiger partial charge is 0.223 e. The van der Waals surface area contributed by atoms with Crippen molar-refractivity contribution in [1.29, 1.82) is 0 Å². The molecule has 5 nitrogen and oxygen atoms in total. The van der Waals surface area contributed by atoms with E-state index < -0.39 is 9.84 Å². The van der Waals surface area contributed by atoms with Gasteiger partial charge in [0.2, 0.25) is 5.91 Å². The van der Waals surface area contributed by atoms with Gasteiger partial charge in [-0.1, -0.05) is 36.4 Å². The van der Waals surface area contributed by atoms with E-state index in [-0.39, 0.29) is 17.9 Å². The van der Waals surface area contributed by atoms with Gasteiger partial charge >= 0.3 is 0 Å². The van der Waals surface area contributed by atoms with Gasteiger partial charge in [0.05, 0.1) is 10.9 Å². The lowest BCUT2D eigenvalue weighted by molar-refractivity contribution is -0.127. The predicted octanol–water partition coefficient (Wildman–Crippen LogP) is 3.49. The molecule has 0 aliphatic carbocycles. The minimum Gasteiger partial charge on any atom is -0.349 e. The number of aryl methyl sites for hydroxylation is 1. The molecule has 1 N–H and O–H groups in total. The van der Waals surface area contributed by atoms with Crippen LogP contribution in [0.1, 0.15) is 42.5 Å². The van der Waals surface area contributed by atoms with Crippen LogP contribution in [-0.2, 0) is 21.2 Å². The number of benzene rings is 2. The SMILES string of the molecule is Cc1ccccc1CN1CCC(C(=O)N[C@@H](C)c2ccc(S(C)(=O)=O)cc2)CC1. The van der Waals surface area contributed by atoms with Crippen LogP contribution >= 0.6 is 0 Å². The largest absolute Gasteiger partial charge is 0.349 e. The van der Waals surface area contributed by atoms with E-state index >= 15 is 0 Å². The summed E-state index contributed by atoms with van der Waals surface area (Å²) in [7, 11) is -3.21. The number of rotatable bonds is 6. The summed E-state index contributed by atoms with van der Waals surface area (Å²) in [5.74, 6) is 0.112. The lowest BCUT2D eigenvalue weighted by Crippen LogP contribution is -2.41. The van der Waals surface area contributed by atoms with Crippen molar-refractivity contribution < 1.29 is 13.2 Å². The molecule has 29 heavy (non-hydrogen) atoms. The van der Waals surface area contributed by atoms with Gasteiger partial charge in [0.25, 0.3) is 0 Å². The van der Waals surface area contributed by atoms with Crippen molar-refractivity contribution in [2.45, 2.75) is 44.2 Å². The lowest BCUT2D eigenvalue weighted by Gasteiger charge is -2.32. The normalized spacial score (nSPS) is 17.1. The van der Waals surface area contributed by atoms with Crippen molar-refractivity contribution in [2.75, 3.05) is 19.3 Å². The van der Waals surface area contributed by atoms with Crippen molar-refractivity contribution in [2.24, 2.45) is 5.92 Å². The molecular formula is C23H30N2O3S. The maximum absolute atomic E-state index is 12.7. The number of carbonyl (C=O) groups excluding carboxylic acids is 1. The number of piperidine rings is 1. The van der Waals surface area contributed by atoms with E-state index in [1.165, 1.54) is 17.4 Å². The summed E-state index contributed by atoms with van der Waals surface area (Å²) in [6.45, 7) is 6.85. The van der Waals surface area contributed by atoms with Crippen molar-refractivity contribution in [1.82, 2.24) is 10.2 Å². The van der Waals surface area contributed by atoms with Crippen molar-refractivity contribution in [3.63, 3.8) is 0 Å². The Labute approximate surface area is 174 Å². The van der Waals surface area contributed by atoms with E-state index in [0.29, 0.717) is 4.90 Å². The Kier molecular flexibility index (Phi) is 6.75. The number of amides is 1. The first-order valence-corrected chi connectivity index (χ1v) is 12.0. The van der Waals surface area contributed by atoms with Gasteiger partial charge < -0.3 is 5.32 Å². The monoisotopic (exact) mass is 414 g/mol. The number of hydrogen-bond acceptors (Lipinski definition) is 4. The summed E-state index contributed by atoms with van der Waals surface area (Å²) in [5.41, 5.74) is 3.56. The Bertz CT molecular complexity index is 946. The highest BCUT2D eigenvalue weighted by atomic mass is 32.2. The highest BCUT2D eigenvalue weighted by Crippen LogP contribution is 2.22. The molecule has 0 unspecified atom stereocenters. The second kappa shape index (κ2) is 9.09. The molecule has 1 fully saturated rings. The molecule has 3 rings (SSSR count). The van der Waals surface area contributed by atoms with Crippen LogP contribution in [0.5, 0.6) is 0 Å². The van der Waals surface area contributed by atoms with Gasteiger partial charge in [-0.2, -0.15) is 0 Å². The van der Waals surface area contributed by atoms with Gasteiger partial charge in [0.1, 0.15) is 0 Å². The highest BCUT2D eigenvalue weighted by Gasteiger charge is 2.26. The van der Waals surface area contributed by atoms with Gasteiger partial charge in [-0.05, 0) is 68.6 Å². The van der Waals surface area contributed by atoms with Crippen LogP contribution in [-0.4, -0.2) is 38.6 Å². The Morgan fingerprint density at radius 1 is 1.10 bits per heavy atom. The molecule has 0 saturated carbocycles. The molecule has 2 aromatic carbocycles. The van der Waals surface area contributed by atoms with E-state index in [2.05, 4.69) is 41.4 Å². The number of nitrogens with one attached hydrogen (secondary N) is 1. The average Bonchev–Trinajstić information content (AvgIpc) is 2.69. The fourth-order valence-corrected chi connectivity index (χ4v) is 4.43. The van der Waals surface area contributed by atoms with Gasteiger partial charge in [0.15, 0.2) is 9.84 Å². The zero-order valence-corrected chi connectivity index (χ0v) is 18.2. The van der Waals surface area contributed by atoms with E-state index in [1.54, 1.807) is 24.3 Å². The molecule has 0 spiro atoms. The van der Waals surface area contributed by atoms with Crippen molar-refractivity contribution >= 4 is 15.7 Å². The van der Waals surface area contributed by atoms with Crippen LogP contribution in [0.15, 0.2) is 53.4 Å². The van der Waals surface area contributed by atoms with Crippen LogP contribution < -0.4 is 5.32 Å². The summed E-state index contributed by atoms with van der Waals surface area (Å²) in [6.07, 6.45) is 2.91. The highest BCUT2D eigenvalue weighted by molar-refractivity contribution is 7.90. The Balaban J connectivity index is 1.51. The van der Waals surface area contributed by atoms with Gasteiger partial charge in [0, 0.05) is 18.7 Å². The van der Waals surface area contributed by atoms with Crippen LogP contribution in [0.4, 0.5) is 0 Å². The molecule has 1 amide bonds. The number of hydrogen-bond donors (Lipinski definition) is 1. The summed E-state index contributed by atoms with van der Waals surface area (Å²) >= 11 is 0. The fraction of sp³-hybridized carbons (Fsp3) is 0.435. The molecule has 0 bridgehead atoms. The summed E-state index contributed by atoms with van der Waals surface area (Å²) in [6, 6.07) is 15.0. The maximum Gasteiger partial charge on any atom is 0.223 e. The average molecular weight is 415 g/mol. The topological polar surface area (TPSA) is 66.5 Å². The number of sulfone groups is 1. The molecule has 0 radical (unpaired) electrons. The van der Waals surface area contributed by atoms with Crippen molar-refractivity contribution in [3.05, 3.63) is 65.2 Å². The Morgan fingerprint density at radius 2 is 1.72 bits per heavy atom. The van der Waals surface area contributed by atoms with Gasteiger partial charge in [-0.3, -0.25) is 9.69 Å². The van der Waals surface area contributed by atoms with E-state index in [4.69, 9.17) is 0 Å². The zero-order valence-electron chi connectivity index (χ0n) is 17.4. The summed E-state index contributed by atoms with van der Waals surface area (Å²) in [5, 5.41) is 3.09. The number of nitrogens with zero attached hydrogens (tertiary/aromatic N) is 1. The first-order valence-electron chi connectivity index (χ1n) is 10.1. The van der Waals surface area contributed by atoms with E-state index in [9.17, 15) is 13.2 Å².